The molecule has 3 heterocycles. The van der Waals surface area contributed by atoms with Crippen molar-refractivity contribution in [2.24, 2.45) is 5.92 Å². The van der Waals surface area contributed by atoms with Crippen molar-refractivity contribution in [3.63, 3.8) is 0 Å². The number of pyridine rings is 1. The largest absolute Gasteiger partial charge is 0.364 e. The summed E-state index contributed by atoms with van der Waals surface area (Å²) >= 11 is 0. The van der Waals surface area contributed by atoms with Crippen LogP contribution in [0.25, 0.3) is 11.0 Å². The Morgan fingerprint density at radius 3 is 2.55 bits per heavy atom. The molecule has 1 atom stereocenters. The minimum Gasteiger partial charge on any atom is -0.364 e. The van der Waals surface area contributed by atoms with Gasteiger partial charge in [0.25, 0.3) is 0 Å². The summed E-state index contributed by atoms with van der Waals surface area (Å²) in [5.41, 5.74) is 2.31. The van der Waals surface area contributed by atoms with E-state index in [1.807, 2.05) is 13.0 Å². The molecule has 1 saturated heterocycles. The third-order valence-corrected chi connectivity index (χ3v) is 6.18. The number of fused-ring (bicyclic) bond motifs is 1. The zero-order valence-electron chi connectivity index (χ0n) is 17.3. The lowest BCUT2D eigenvalue weighted by Crippen LogP contribution is -2.36. The molecule has 5 rings (SSSR count). The van der Waals surface area contributed by atoms with Gasteiger partial charge in [-0.2, -0.15) is 0 Å². The Kier molecular flexibility index (Phi) is 5.16. The fraction of sp³-hybridized carbons (Fsp3) is 0.435. The highest BCUT2D eigenvalue weighted by molar-refractivity contribution is 5.82. The van der Waals surface area contributed by atoms with Crippen LogP contribution in [-0.2, 0) is 0 Å². The van der Waals surface area contributed by atoms with Crippen LogP contribution in [0.3, 0.4) is 0 Å². The number of nitrogens with zero attached hydrogens (tertiary/aromatic N) is 4. The Morgan fingerprint density at radius 1 is 1.06 bits per heavy atom. The molecule has 8 heteroatoms. The predicted octanol–water partition coefficient (Wildman–Crippen LogP) is 5.11. The van der Waals surface area contributed by atoms with E-state index in [0.29, 0.717) is 32.0 Å². The second-order valence-electron chi connectivity index (χ2n) is 8.47. The number of benzene rings is 1. The molecular formula is C23H24F3N5. The van der Waals surface area contributed by atoms with Crippen LogP contribution in [-0.4, -0.2) is 34.1 Å². The fourth-order valence-corrected chi connectivity index (χ4v) is 4.22. The second kappa shape index (κ2) is 7.98. The van der Waals surface area contributed by atoms with Gasteiger partial charge in [0.05, 0.1) is 11.2 Å². The lowest BCUT2D eigenvalue weighted by molar-refractivity contribution is 0.193. The number of aryl methyl sites for hydroxylation is 1. The molecule has 1 aromatic carbocycles. The summed E-state index contributed by atoms with van der Waals surface area (Å²) in [7, 11) is 0. The summed E-state index contributed by atoms with van der Waals surface area (Å²) < 4.78 is 42.2. The highest BCUT2D eigenvalue weighted by Gasteiger charge is 2.32. The first-order valence-electron chi connectivity index (χ1n) is 10.7. The van der Waals surface area contributed by atoms with Gasteiger partial charge < -0.3 is 10.2 Å². The third-order valence-electron chi connectivity index (χ3n) is 6.18. The van der Waals surface area contributed by atoms with Crippen molar-refractivity contribution in [1.82, 2.24) is 15.0 Å². The second-order valence-corrected chi connectivity index (χ2v) is 8.47. The number of hydrogen-bond donors (Lipinski definition) is 1. The lowest BCUT2D eigenvalue weighted by Gasteiger charge is -2.35. The molecule has 0 amide bonds. The van der Waals surface area contributed by atoms with Gasteiger partial charge >= 0.3 is 0 Å². The monoisotopic (exact) mass is 427 g/mol. The topological polar surface area (TPSA) is 53.9 Å². The summed E-state index contributed by atoms with van der Waals surface area (Å²) in [6.45, 7) is 3.09. The molecule has 0 bridgehead atoms. The van der Waals surface area contributed by atoms with Gasteiger partial charge in [-0.3, -0.25) is 4.98 Å². The average molecular weight is 427 g/mol. The molecule has 1 unspecified atom stereocenters. The van der Waals surface area contributed by atoms with Crippen molar-refractivity contribution in [2.45, 2.75) is 44.8 Å². The van der Waals surface area contributed by atoms with Gasteiger partial charge in [-0.15, -0.1) is 0 Å². The summed E-state index contributed by atoms with van der Waals surface area (Å²) in [4.78, 5) is 16.1. The smallest absolute Gasteiger partial charge is 0.172 e. The quantitative estimate of drug-likeness (QED) is 0.613. The number of hydrogen-bond acceptors (Lipinski definition) is 5. The van der Waals surface area contributed by atoms with Crippen LogP contribution in [0.15, 0.2) is 30.5 Å². The van der Waals surface area contributed by atoms with Crippen LogP contribution in [0.5, 0.6) is 0 Å². The zero-order valence-corrected chi connectivity index (χ0v) is 17.3. The average Bonchev–Trinajstić information content (AvgIpc) is 3.57. The first-order valence-corrected chi connectivity index (χ1v) is 10.7. The van der Waals surface area contributed by atoms with E-state index in [1.165, 1.54) is 6.07 Å². The van der Waals surface area contributed by atoms with Crippen molar-refractivity contribution in [3.8, 4) is 0 Å². The van der Waals surface area contributed by atoms with Crippen molar-refractivity contribution >= 4 is 22.7 Å². The van der Waals surface area contributed by atoms with Crippen molar-refractivity contribution in [1.29, 1.82) is 0 Å². The molecule has 31 heavy (non-hydrogen) atoms. The summed E-state index contributed by atoms with van der Waals surface area (Å²) in [5.74, 6) is -0.335. The Labute approximate surface area is 178 Å². The molecule has 2 fully saturated rings. The van der Waals surface area contributed by atoms with Gasteiger partial charge in [-0.1, -0.05) is 6.07 Å². The van der Waals surface area contributed by atoms with E-state index in [-0.39, 0.29) is 11.5 Å². The summed E-state index contributed by atoms with van der Waals surface area (Å²) in [6.07, 6.45) is 3.60. The highest BCUT2D eigenvalue weighted by atomic mass is 19.1. The van der Waals surface area contributed by atoms with Crippen LogP contribution in [0.4, 0.5) is 24.8 Å². The molecule has 2 aliphatic rings. The Balaban J connectivity index is 1.37. The number of piperidine rings is 1. The summed E-state index contributed by atoms with van der Waals surface area (Å²) in [6, 6.07) is 5.34. The zero-order chi connectivity index (χ0) is 21.5. The molecule has 3 aromatic rings. The Bertz CT molecular complexity index is 1110. The highest BCUT2D eigenvalue weighted by Crippen LogP contribution is 2.38. The summed E-state index contributed by atoms with van der Waals surface area (Å²) in [5, 5.41) is 3.47. The van der Waals surface area contributed by atoms with E-state index in [0.717, 1.165) is 53.3 Å². The maximum Gasteiger partial charge on any atom is 0.172 e. The number of anilines is 2. The first kappa shape index (κ1) is 20.0. The number of aromatic nitrogens is 3. The number of nitrogens with one attached hydrogen (secondary N) is 1. The Morgan fingerprint density at radius 2 is 1.84 bits per heavy atom. The molecule has 1 N–H and O–H groups in total. The molecule has 162 valence electrons. The van der Waals surface area contributed by atoms with Gasteiger partial charge in [0, 0.05) is 37.0 Å². The fourth-order valence-electron chi connectivity index (χ4n) is 4.22. The van der Waals surface area contributed by atoms with Gasteiger partial charge in [-0.05, 0) is 50.7 Å². The lowest BCUT2D eigenvalue weighted by atomic mass is 9.88. The van der Waals surface area contributed by atoms with Crippen molar-refractivity contribution in [2.75, 3.05) is 23.3 Å². The molecule has 1 saturated carbocycles. The van der Waals surface area contributed by atoms with E-state index in [9.17, 15) is 8.78 Å². The standard InChI is InChI=1S/C23H24F3N5/c1-13-21-19(6-9-27-13)29-22(28-16-3-4-16)23(30-21)31-10-7-14(8-11-31)20(26)17-5-2-15(24)12-18(17)25/h2,5-6,9,12,14,16,20H,3-4,7-8,10-11H2,1H3,(H,28,29). The van der Waals surface area contributed by atoms with Crippen molar-refractivity contribution in [3.05, 3.63) is 53.4 Å². The molecule has 0 radical (unpaired) electrons. The normalized spacial score (nSPS) is 18.4. The number of halogens is 3. The number of alkyl halides is 1. The first-order chi connectivity index (χ1) is 15.0. The molecule has 1 aliphatic heterocycles. The van der Waals surface area contributed by atoms with Gasteiger partial charge in [0.1, 0.15) is 23.3 Å². The maximum atomic E-state index is 15.0. The van der Waals surface area contributed by atoms with Crippen LogP contribution in [0.2, 0.25) is 0 Å². The van der Waals surface area contributed by atoms with E-state index in [4.69, 9.17) is 9.97 Å². The SMILES string of the molecule is Cc1nccc2nc(NC3CC3)c(N3CCC(C(F)c4ccc(F)cc4F)CC3)nc12. The van der Waals surface area contributed by atoms with Gasteiger partial charge in [-0.25, -0.2) is 23.1 Å². The van der Waals surface area contributed by atoms with E-state index < -0.39 is 17.8 Å². The van der Waals surface area contributed by atoms with E-state index in [2.05, 4.69) is 15.2 Å². The Hall–Kier alpha value is -2.90. The van der Waals surface area contributed by atoms with Crippen LogP contribution >= 0.6 is 0 Å². The van der Waals surface area contributed by atoms with Gasteiger partial charge in [0.15, 0.2) is 11.6 Å². The van der Waals surface area contributed by atoms with Crippen LogP contribution in [0, 0.1) is 24.5 Å². The minimum atomic E-state index is -1.46. The minimum absolute atomic E-state index is 0.0665. The molecule has 0 spiro atoms. The van der Waals surface area contributed by atoms with Gasteiger partial charge in [0.2, 0.25) is 0 Å². The number of rotatable bonds is 5. The molecule has 5 nitrogen and oxygen atoms in total. The van der Waals surface area contributed by atoms with Crippen molar-refractivity contribution < 1.29 is 13.2 Å². The maximum absolute atomic E-state index is 15.0. The molecule has 2 aromatic heterocycles. The third kappa shape index (κ3) is 4.03. The molecular weight excluding hydrogens is 403 g/mol. The molecule has 1 aliphatic carbocycles. The van der Waals surface area contributed by atoms with E-state index >= 15 is 4.39 Å². The van der Waals surface area contributed by atoms with Crippen LogP contribution in [0.1, 0.15) is 43.1 Å². The predicted molar refractivity (Wildman–Crippen MR) is 114 cm³/mol. The van der Waals surface area contributed by atoms with Crippen LogP contribution < -0.4 is 10.2 Å². The van der Waals surface area contributed by atoms with E-state index in [1.54, 1.807) is 6.20 Å².